The molecule has 0 aromatic carbocycles. The zero-order chi connectivity index (χ0) is 15.8. The van der Waals surface area contributed by atoms with Crippen molar-refractivity contribution < 1.29 is 5.11 Å². The molecular weight excluding hydrogens is 276 g/mol. The molecule has 0 radical (unpaired) electrons. The number of guanidine groups is 1. The maximum atomic E-state index is 10.3. The van der Waals surface area contributed by atoms with Crippen molar-refractivity contribution in [1.29, 1.82) is 0 Å². The van der Waals surface area contributed by atoms with Crippen molar-refractivity contribution in [3.8, 4) is 0 Å². The highest BCUT2D eigenvalue weighted by Gasteiger charge is 2.35. The SMILES string of the molecule is CCNC(=NCC1(C)CCCCC1O)NCCn1cccc1. The normalized spacial score (nSPS) is 26.0. The van der Waals surface area contributed by atoms with Crippen LogP contribution in [0.25, 0.3) is 0 Å². The lowest BCUT2D eigenvalue weighted by molar-refractivity contribution is 0.00716. The molecule has 2 unspecified atom stereocenters. The molecular formula is C17H30N4O. The summed E-state index contributed by atoms with van der Waals surface area (Å²) < 4.78 is 2.14. The molecule has 22 heavy (non-hydrogen) atoms. The molecule has 5 nitrogen and oxygen atoms in total. The van der Waals surface area contributed by atoms with Crippen LogP contribution in [0.4, 0.5) is 0 Å². The van der Waals surface area contributed by atoms with Crippen LogP contribution in [0, 0.1) is 5.41 Å². The Bertz CT molecular complexity index is 457. The summed E-state index contributed by atoms with van der Waals surface area (Å²) in [5, 5.41) is 16.9. The lowest BCUT2D eigenvalue weighted by Gasteiger charge is -2.37. The van der Waals surface area contributed by atoms with Crippen LogP contribution in [0.3, 0.4) is 0 Å². The summed E-state index contributed by atoms with van der Waals surface area (Å²) in [5.41, 5.74) is -0.0823. The highest BCUT2D eigenvalue weighted by atomic mass is 16.3. The van der Waals surface area contributed by atoms with E-state index in [-0.39, 0.29) is 11.5 Å². The monoisotopic (exact) mass is 306 g/mol. The first-order valence-corrected chi connectivity index (χ1v) is 8.45. The number of aliphatic hydroxyl groups is 1. The van der Waals surface area contributed by atoms with Gasteiger partial charge in [0.05, 0.1) is 12.6 Å². The molecule has 5 heteroatoms. The molecule has 0 aliphatic heterocycles. The third kappa shape index (κ3) is 4.77. The number of rotatable bonds is 6. The van der Waals surface area contributed by atoms with Gasteiger partial charge in [0, 0.05) is 37.4 Å². The Morgan fingerprint density at radius 3 is 2.77 bits per heavy atom. The molecule has 0 amide bonds. The Balaban J connectivity index is 1.85. The minimum absolute atomic E-state index is 0.0823. The van der Waals surface area contributed by atoms with E-state index >= 15 is 0 Å². The third-order valence-corrected chi connectivity index (χ3v) is 4.55. The Kier molecular flexibility index (Phi) is 6.31. The summed E-state index contributed by atoms with van der Waals surface area (Å²) in [6, 6.07) is 4.06. The number of hydrogen-bond acceptors (Lipinski definition) is 2. The molecule has 1 aromatic heterocycles. The van der Waals surface area contributed by atoms with Crippen LogP contribution in [-0.4, -0.2) is 41.4 Å². The van der Waals surface area contributed by atoms with Gasteiger partial charge in [-0.25, -0.2) is 0 Å². The molecule has 0 saturated heterocycles. The van der Waals surface area contributed by atoms with Crippen molar-refractivity contribution in [1.82, 2.24) is 15.2 Å². The fourth-order valence-corrected chi connectivity index (χ4v) is 2.99. The van der Waals surface area contributed by atoms with Gasteiger partial charge in [0.1, 0.15) is 0 Å². The van der Waals surface area contributed by atoms with E-state index in [1.165, 1.54) is 6.42 Å². The molecule has 124 valence electrons. The zero-order valence-electron chi connectivity index (χ0n) is 13.9. The largest absolute Gasteiger partial charge is 0.392 e. The zero-order valence-corrected chi connectivity index (χ0v) is 13.9. The molecule has 1 heterocycles. The predicted molar refractivity (Wildman–Crippen MR) is 91.0 cm³/mol. The lowest BCUT2D eigenvalue weighted by atomic mass is 9.73. The van der Waals surface area contributed by atoms with Gasteiger partial charge < -0.3 is 20.3 Å². The number of aliphatic hydroxyl groups excluding tert-OH is 1. The van der Waals surface area contributed by atoms with E-state index in [1.54, 1.807) is 0 Å². The van der Waals surface area contributed by atoms with Crippen molar-refractivity contribution in [2.24, 2.45) is 10.4 Å². The summed E-state index contributed by atoms with van der Waals surface area (Å²) in [6.45, 7) is 7.49. The van der Waals surface area contributed by atoms with Crippen LogP contribution in [0.15, 0.2) is 29.5 Å². The van der Waals surface area contributed by atoms with E-state index in [4.69, 9.17) is 4.99 Å². The average molecular weight is 306 g/mol. The van der Waals surface area contributed by atoms with Crippen molar-refractivity contribution in [2.45, 2.75) is 52.2 Å². The quantitative estimate of drug-likeness (QED) is 0.556. The molecule has 1 aromatic rings. The van der Waals surface area contributed by atoms with Crippen LogP contribution >= 0.6 is 0 Å². The number of aliphatic imine (C=N–C) groups is 1. The highest BCUT2D eigenvalue weighted by molar-refractivity contribution is 5.79. The second kappa shape index (κ2) is 8.22. The van der Waals surface area contributed by atoms with Gasteiger partial charge in [-0.15, -0.1) is 0 Å². The molecule has 1 fully saturated rings. The first-order valence-electron chi connectivity index (χ1n) is 8.45. The first kappa shape index (κ1) is 16.9. The summed E-state index contributed by atoms with van der Waals surface area (Å²) in [7, 11) is 0. The van der Waals surface area contributed by atoms with E-state index in [0.717, 1.165) is 44.9 Å². The van der Waals surface area contributed by atoms with Crippen molar-refractivity contribution in [3.63, 3.8) is 0 Å². The Morgan fingerprint density at radius 1 is 1.32 bits per heavy atom. The van der Waals surface area contributed by atoms with Crippen LogP contribution in [-0.2, 0) is 6.54 Å². The first-order chi connectivity index (χ1) is 10.6. The molecule has 0 spiro atoms. The van der Waals surface area contributed by atoms with Gasteiger partial charge in [-0.05, 0) is 31.9 Å². The topological polar surface area (TPSA) is 61.6 Å². The molecule has 2 rings (SSSR count). The van der Waals surface area contributed by atoms with Gasteiger partial charge in [0.25, 0.3) is 0 Å². The van der Waals surface area contributed by atoms with Gasteiger partial charge >= 0.3 is 0 Å². The van der Waals surface area contributed by atoms with E-state index < -0.39 is 0 Å². The molecule has 1 saturated carbocycles. The molecule has 2 atom stereocenters. The third-order valence-electron chi connectivity index (χ3n) is 4.55. The van der Waals surface area contributed by atoms with Crippen LogP contribution < -0.4 is 10.6 Å². The molecule has 3 N–H and O–H groups in total. The lowest BCUT2D eigenvalue weighted by Crippen LogP contribution is -2.42. The molecule has 0 bridgehead atoms. The second-order valence-corrected chi connectivity index (χ2v) is 6.46. The van der Waals surface area contributed by atoms with Gasteiger partial charge in [-0.3, -0.25) is 4.99 Å². The predicted octanol–water partition coefficient (Wildman–Crippen LogP) is 1.98. The second-order valence-electron chi connectivity index (χ2n) is 6.46. The highest BCUT2D eigenvalue weighted by Crippen LogP contribution is 2.36. The van der Waals surface area contributed by atoms with Crippen molar-refractivity contribution in [3.05, 3.63) is 24.5 Å². The van der Waals surface area contributed by atoms with Crippen molar-refractivity contribution in [2.75, 3.05) is 19.6 Å². The molecule has 1 aliphatic rings. The van der Waals surface area contributed by atoms with Crippen LogP contribution in [0.2, 0.25) is 0 Å². The van der Waals surface area contributed by atoms with E-state index in [2.05, 4.69) is 41.4 Å². The minimum atomic E-state index is -0.229. The Labute approximate surface area is 133 Å². The van der Waals surface area contributed by atoms with Gasteiger partial charge in [-0.1, -0.05) is 19.8 Å². The number of nitrogens with one attached hydrogen (secondary N) is 2. The van der Waals surface area contributed by atoms with Crippen LogP contribution in [0.1, 0.15) is 39.5 Å². The minimum Gasteiger partial charge on any atom is -0.392 e. The van der Waals surface area contributed by atoms with E-state index in [0.29, 0.717) is 6.54 Å². The number of hydrogen-bond donors (Lipinski definition) is 3. The Hall–Kier alpha value is -1.49. The fraction of sp³-hybridized carbons (Fsp3) is 0.706. The smallest absolute Gasteiger partial charge is 0.191 e. The fourth-order valence-electron chi connectivity index (χ4n) is 2.99. The van der Waals surface area contributed by atoms with E-state index in [1.807, 2.05) is 12.1 Å². The number of nitrogens with zero attached hydrogens (tertiary/aromatic N) is 2. The number of aromatic nitrogens is 1. The Morgan fingerprint density at radius 2 is 2.09 bits per heavy atom. The van der Waals surface area contributed by atoms with E-state index in [9.17, 15) is 5.11 Å². The summed E-state index contributed by atoms with van der Waals surface area (Å²) in [4.78, 5) is 4.70. The maximum Gasteiger partial charge on any atom is 0.191 e. The average Bonchev–Trinajstić information content (AvgIpc) is 3.01. The van der Waals surface area contributed by atoms with Gasteiger partial charge in [-0.2, -0.15) is 0 Å². The van der Waals surface area contributed by atoms with Gasteiger partial charge in [0.15, 0.2) is 5.96 Å². The van der Waals surface area contributed by atoms with Crippen molar-refractivity contribution >= 4 is 5.96 Å². The van der Waals surface area contributed by atoms with Gasteiger partial charge in [0.2, 0.25) is 0 Å². The maximum absolute atomic E-state index is 10.3. The standard InChI is InChI=1S/C17H30N4O/c1-3-18-16(19-10-13-21-11-6-7-12-21)20-14-17(2)9-5-4-8-15(17)22/h6-7,11-12,15,22H,3-5,8-10,13-14H2,1-2H3,(H2,18,19,20). The summed E-state index contributed by atoms with van der Waals surface area (Å²) in [6.07, 6.45) is 8.18. The van der Waals surface area contributed by atoms with Crippen LogP contribution in [0.5, 0.6) is 0 Å². The molecule has 1 aliphatic carbocycles. The summed E-state index contributed by atoms with van der Waals surface area (Å²) >= 11 is 0. The summed E-state index contributed by atoms with van der Waals surface area (Å²) in [5.74, 6) is 0.841.